The van der Waals surface area contributed by atoms with Crippen molar-refractivity contribution in [3.63, 3.8) is 0 Å². The van der Waals surface area contributed by atoms with Gasteiger partial charge in [0.05, 0.1) is 12.2 Å². The lowest BCUT2D eigenvalue weighted by Gasteiger charge is -2.26. The predicted octanol–water partition coefficient (Wildman–Crippen LogP) is 2.41. The monoisotopic (exact) mass is 357 g/mol. The summed E-state index contributed by atoms with van der Waals surface area (Å²) >= 11 is 6.06. The van der Waals surface area contributed by atoms with E-state index in [1.165, 1.54) is 0 Å². The molecule has 0 radical (unpaired) electrons. The first-order valence-electron chi connectivity index (χ1n) is 8.26. The molecule has 1 heterocycles. The molecule has 0 bridgehead atoms. The van der Waals surface area contributed by atoms with Crippen LogP contribution in [0.2, 0.25) is 5.02 Å². The number of rotatable bonds is 5. The Kier molecular flexibility index (Phi) is 5.81. The Morgan fingerprint density at radius 2 is 1.80 bits per heavy atom. The van der Waals surface area contributed by atoms with Crippen molar-refractivity contribution in [2.75, 3.05) is 38.0 Å². The molecule has 2 aromatic rings. The van der Waals surface area contributed by atoms with E-state index >= 15 is 0 Å². The van der Waals surface area contributed by atoms with E-state index in [-0.39, 0.29) is 11.7 Å². The Morgan fingerprint density at radius 3 is 2.52 bits per heavy atom. The van der Waals surface area contributed by atoms with Crippen molar-refractivity contribution in [2.24, 2.45) is 0 Å². The highest BCUT2D eigenvalue weighted by atomic mass is 35.5. The third-order valence-electron chi connectivity index (χ3n) is 4.11. The normalized spacial score (nSPS) is 14.9. The minimum atomic E-state index is -0.166. The molecule has 130 valence electrons. The maximum absolute atomic E-state index is 12.8. The van der Waals surface area contributed by atoms with Gasteiger partial charge in [-0.05, 0) is 18.2 Å². The maximum Gasteiger partial charge on any atom is 0.238 e. The van der Waals surface area contributed by atoms with Gasteiger partial charge in [0.2, 0.25) is 5.91 Å². The van der Waals surface area contributed by atoms with Crippen LogP contribution in [0.3, 0.4) is 0 Å². The van der Waals surface area contributed by atoms with Crippen LogP contribution in [-0.4, -0.2) is 49.3 Å². The molecule has 1 amide bonds. The second-order valence-corrected chi connectivity index (χ2v) is 6.40. The number of carbonyl (C=O) groups is 2. The highest BCUT2D eigenvalue weighted by Gasteiger charge is 2.18. The molecule has 0 spiro atoms. The zero-order valence-corrected chi connectivity index (χ0v) is 14.6. The molecule has 0 aliphatic carbocycles. The van der Waals surface area contributed by atoms with Crippen LogP contribution in [0, 0.1) is 0 Å². The molecule has 1 aliphatic heterocycles. The van der Waals surface area contributed by atoms with Crippen molar-refractivity contribution in [3.8, 4) is 0 Å². The van der Waals surface area contributed by atoms with E-state index in [1.807, 2.05) is 6.07 Å². The summed E-state index contributed by atoms with van der Waals surface area (Å²) in [5, 5.41) is 6.57. The Morgan fingerprint density at radius 1 is 1.08 bits per heavy atom. The molecule has 25 heavy (non-hydrogen) atoms. The predicted molar refractivity (Wildman–Crippen MR) is 99.3 cm³/mol. The molecule has 0 saturated carbocycles. The van der Waals surface area contributed by atoms with E-state index in [0.29, 0.717) is 28.4 Å². The lowest BCUT2D eigenvalue weighted by atomic mass is 10.0. The smallest absolute Gasteiger partial charge is 0.238 e. The number of benzene rings is 2. The number of halogens is 1. The van der Waals surface area contributed by atoms with Crippen LogP contribution in [0.4, 0.5) is 5.69 Å². The summed E-state index contributed by atoms with van der Waals surface area (Å²) in [4.78, 5) is 27.2. The largest absolute Gasteiger partial charge is 0.324 e. The summed E-state index contributed by atoms with van der Waals surface area (Å²) in [6, 6.07) is 13.9. The molecule has 3 rings (SSSR count). The number of nitrogens with one attached hydrogen (secondary N) is 2. The highest BCUT2D eigenvalue weighted by molar-refractivity contribution is 6.31. The fourth-order valence-corrected chi connectivity index (χ4v) is 2.99. The highest BCUT2D eigenvalue weighted by Crippen LogP contribution is 2.23. The van der Waals surface area contributed by atoms with Gasteiger partial charge in [0.1, 0.15) is 0 Å². The van der Waals surface area contributed by atoms with Crippen LogP contribution in [0.1, 0.15) is 15.9 Å². The van der Waals surface area contributed by atoms with Crippen LogP contribution >= 0.6 is 11.6 Å². The minimum absolute atomic E-state index is 0.133. The Bertz CT molecular complexity index is 759. The van der Waals surface area contributed by atoms with E-state index < -0.39 is 0 Å². The fourth-order valence-electron chi connectivity index (χ4n) is 2.82. The number of carbonyl (C=O) groups excluding carboxylic acids is 2. The molecule has 2 aromatic carbocycles. The van der Waals surface area contributed by atoms with Crippen molar-refractivity contribution in [2.45, 2.75) is 0 Å². The zero-order valence-electron chi connectivity index (χ0n) is 13.8. The SMILES string of the molecule is O=C(CN1CCNCC1)Nc1ccc(Cl)cc1C(=O)c1ccccc1. The van der Waals surface area contributed by atoms with Crippen LogP contribution in [-0.2, 0) is 4.79 Å². The van der Waals surface area contributed by atoms with Gasteiger partial charge in [0.25, 0.3) is 0 Å². The molecule has 6 heteroatoms. The Labute approximate surface area is 152 Å². The van der Waals surface area contributed by atoms with Crippen LogP contribution in [0.5, 0.6) is 0 Å². The first kappa shape index (κ1) is 17.6. The summed E-state index contributed by atoms with van der Waals surface area (Å²) < 4.78 is 0. The van der Waals surface area contributed by atoms with Gasteiger partial charge in [-0.2, -0.15) is 0 Å². The van der Waals surface area contributed by atoms with E-state index in [1.54, 1.807) is 42.5 Å². The molecule has 0 unspecified atom stereocenters. The standard InChI is InChI=1S/C19H20ClN3O2/c20-15-6-7-17(22-18(24)13-23-10-8-21-9-11-23)16(12-15)19(25)14-4-2-1-3-5-14/h1-7,12,21H,8-11,13H2,(H,22,24). The van der Waals surface area contributed by atoms with Crippen LogP contribution < -0.4 is 10.6 Å². The number of nitrogens with zero attached hydrogens (tertiary/aromatic N) is 1. The average molecular weight is 358 g/mol. The fraction of sp³-hybridized carbons (Fsp3) is 0.263. The summed E-state index contributed by atoms with van der Waals surface area (Å²) in [5.41, 5.74) is 1.44. The van der Waals surface area contributed by atoms with E-state index in [9.17, 15) is 9.59 Å². The topological polar surface area (TPSA) is 61.4 Å². The van der Waals surface area contributed by atoms with Crippen molar-refractivity contribution in [3.05, 3.63) is 64.7 Å². The van der Waals surface area contributed by atoms with Crippen molar-refractivity contribution in [1.82, 2.24) is 10.2 Å². The van der Waals surface area contributed by atoms with Gasteiger partial charge >= 0.3 is 0 Å². The van der Waals surface area contributed by atoms with Crippen LogP contribution in [0.15, 0.2) is 48.5 Å². The molecule has 5 nitrogen and oxygen atoms in total. The van der Waals surface area contributed by atoms with Crippen LogP contribution in [0.25, 0.3) is 0 Å². The molecule has 1 saturated heterocycles. The summed E-state index contributed by atoms with van der Waals surface area (Å²) in [7, 11) is 0. The second-order valence-electron chi connectivity index (χ2n) is 5.96. The lowest BCUT2D eigenvalue weighted by molar-refractivity contribution is -0.117. The maximum atomic E-state index is 12.8. The van der Waals surface area contributed by atoms with Gasteiger partial charge in [-0.1, -0.05) is 41.9 Å². The van der Waals surface area contributed by atoms with Crippen molar-refractivity contribution < 1.29 is 9.59 Å². The van der Waals surface area contributed by atoms with Crippen molar-refractivity contribution in [1.29, 1.82) is 0 Å². The Hall–Kier alpha value is -2.21. The number of anilines is 1. The summed E-state index contributed by atoms with van der Waals surface area (Å²) in [5.74, 6) is -0.299. The number of amides is 1. The second kappa shape index (κ2) is 8.25. The number of hydrogen-bond acceptors (Lipinski definition) is 4. The minimum Gasteiger partial charge on any atom is -0.324 e. The van der Waals surface area contributed by atoms with E-state index in [4.69, 9.17) is 11.6 Å². The van der Waals surface area contributed by atoms with Gasteiger partial charge in [-0.3, -0.25) is 14.5 Å². The number of hydrogen-bond donors (Lipinski definition) is 2. The van der Waals surface area contributed by atoms with Gasteiger partial charge in [-0.15, -0.1) is 0 Å². The Balaban J connectivity index is 1.77. The van der Waals surface area contributed by atoms with E-state index in [2.05, 4.69) is 15.5 Å². The van der Waals surface area contributed by atoms with Crippen molar-refractivity contribution >= 4 is 29.0 Å². The quantitative estimate of drug-likeness (QED) is 0.807. The molecule has 0 aromatic heterocycles. The first-order valence-corrected chi connectivity index (χ1v) is 8.63. The number of ketones is 1. The molecule has 1 fully saturated rings. The van der Waals surface area contributed by atoms with E-state index in [0.717, 1.165) is 26.2 Å². The average Bonchev–Trinajstić information content (AvgIpc) is 2.64. The molecular formula is C19H20ClN3O2. The molecule has 0 atom stereocenters. The molecule has 2 N–H and O–H groups in total. The lowest BCUT2D eigenvalue weighted by Crippen LogP contribution is -2.46. The third-order valence-corrected chi connectivity index (χ3v) is 4.35. The first-order chi connectivity index (χ1) is 12.1. The third kappa shape index (κ3) is 4.66. The zero-order chi connectivity index (χ0) is 17.6. The molecule has 1 aliphatic rings. The molecular weight excluding hydrogens is 338 g/mol. The number of piperazine rings is 1. The van der Waals surface area contributed by atoms with Gasteiger partial charge < -0.3 is 10.6 Å². The summed E-state index contributed by atoms with van der Waals surface area (Å²) in [6.45, 7) is 3.74. The summed E-state index contributed by atoms with van der Waals surface area (Å²) in [6.07, 6.45) is 0. The van der Waals surface area contributed by atoms with Gasteiger partial charge in [-0.25, -0.2) is 0 Å². The van der Waals surface area contributed by atoms with Gasteiger partial charge in [0, 0.05) is 42.3 Å². The van der Waals surface area contributed by atoms with Gasteiger partial charge in [0.15, 0.2) is 5.78 Å².